The Morgan fingerprint density at radius 2 is 1.50 bits per heavy atom. The number of ketones is 1. The molecule has 0 aromatic rings. The van der Waals surface area contributed by atoms with Crippen LogP contribution in [0.2, 0.25) is 0 Å². The number of carbonyl (C=O) groups is 4. The first kappa shape index (κ1) is 29.3. The monoisotopic (exact) mass is 549 g/mol. The molecule has 4 fully saturated rings. The average Bonchev–Trinajstić information content (AvgIpc) is 3.26. The number of piperazine rings is 1. The van der Waals surface area contributed by atoms with Crippen molar-refractivity contribution in [1.29, 1.82) is 0 Å². The van der Waals surface area contributed by atoms with Gasteiger partial charge in [-0.15, -0.1) is 0 Å². The Labute approximate surface area is 232 Å². The lowest BCUT2D eigenvalue weighted by molar-refractivity contribution is -0.137. The minimum Gasteiger partial charge on any atom is -0.345 e. The molecule has 3 saturated heterocycles. The Morgan fingerprint density at radius 1 is 0.868 bits per heavy atom. The minimum absolute atomic E-state index is 0.0213. The maximum atomic E-state index is 12.9. The van der Waals surface area contributed by atoms with Crippen LogP contribution in [-0.4, -0.2) is 113 Å². The SMILES string of the molecule is CC(C)C(=O)C1CCC(N2CCN(SC3CCN(C(=O)C(C)NC(=O)C4CC(=O)N(C)C4)CC3)CC2)CC1. The summed E-state index contributed by atoms with van der Waals surface area (Å²) in [7, 11) is 1.70. The van der Waals surface area contributed by atoms with Gasteiger partial charge in [-0.25, -0.2) is 4.31 Å². The summed E-state index contributed by atoms with van der Waals surface area (Å²) in [5.74, 6) is 0.264. The molecule has 1 aliphatic carbocycles. The number of likely N-dealkylation sites (tertiary alicyclic amines) is 2. The first-order chi connectivity index (χ1) is 18.1. The number of carbonyl (C=O) groups excluding carboxylic acids is 4. The molecule has 214 valence electrons. The van der Waals surface area contributed by atoms with E-state index in [1.54, 1.807) is 18.9 Å². The second-order valence-corrected chi connectivity index (χ2v) is 13.5. The van der Waals surface area contributed by atoms with Crippen LogP contribution < -0.4 is 5.32 Å². The molecule has 0 spiro atoms. The quantitative estimate of drug-likeness (QED) is 0.463. The Morgan fingerprint density at radius 3 is 2.05 bits per heavy atom. The van der Waals surface area contributed by atoms with E-state index in [1.807, 2.05) is 30.7 Å². The van der Waals surface area contributed by atoms with Gasteiger partial charge in [-0.3, -0.25) is 24.1 Å². The fourth-order valence-corrected chi connectivity index (χ4v) is 7.69. The second kappa shape index (κ2) is 13.1. The number of nitrogens with one attached hydrogen (secondary N) is 1. The molecule has 1 saturated carbocycles. The maximum absolute atomic E-state index is 12.9. The summed E-state index contributed by atoms with van der Waals surface area (Å²) in [5, 5.41) is 3.36. The summed E-state index contributed by atoms with van der Waals surface area (Å²) in [6.07, 6.45) is 6.55. The zero-order chi connectivity index (χ0) is 27.4. The third-order valence-corrected chi connectivity index (χ3v) is 10.4. The van der Waals surface area contributed by atoms with Crippen LogP contribution in [0.1, 0.15) is 65.7 Å². The highest BCUT2D eigenvalue weighted by Crippen LogP contribution is 2.32. The third kappa shape index (κ3) is 7.30. The molecule has 2 atom stereocenters. The van der Waals surface area contributed by atoms with Gasteiger partial charge in [0.05, 0.1) is 5.92 Å². The summed E-state index contributed by atoms with van der Waals surface area (Å²) in [6, 6.07) is 0.0597. The first-order valence-electron chi connectivity index (χ1n) is 14.6. The van der Waals surface area contributed by atoms with Gasteiger partial charge in [-0.05, 0) is 45.4 Å². The van der Waals surface area contributed by atoms with Gasteiger partial charge in [-0.1, -0.05) is 25.8 Å². The van der Waals surface area contributed by atoms with Crippen molar-refractivity contribution in [3.8, 4) is 0 Å². The number of hydrogen-bond acceptors (Lipinski definition) is 7. The Kier molecular flexibility index (Phi) is 10.1. The summed E-state index contributed by atoms with van der Waals surface area (Å²) in [6.45, 7) is 12.0. The Bertz CT molecular complexity index is 861. The van der Waals surface area contributed by atoms with Crippen molar-refractivity contribution in [2.24, 2.45) is 17.8 Å². The average molecular weight is 550 g/mol. The van der Waals surface area contributed by atoms with Crippen LogP contribution in [0.25, 0.3) is 0 Å². The molecule has 3 amide bonds. The van der Waals surface area contributed by atoms with Gasteiger partial charge in [-0.2, -0.15) is 0 Å². The molecular weight excluding hydrogens is 502 g/mol. The lowest BCUT2D eigenvalue weighted by Crippen LogP contribution is -2.52. The van der Waals surface area contributed by atoms with Crippen molar-refractivity contribution in [1.82, 2.24) is 24.3 Å². The van der Waals surface area contributed by atoms with Crippen molar-refractivity contribution in [3.63, 3.8) is 0 Å². The molecule has 10 heteroatoms. The lowest BCUT2D eigenvalue weighted by Gasteiger charge is -2.43. The molecular formula is C28H47N5O4S. The third-order valence-electron chi connectivity index (χ3n) is 8.95. The highest BCUT2D eigenvalue weighted by Gasteiger charge is 2.35. The maximum Gasteiger partial charge on any atom is 0.244 e. The molecule has 2 unspecified atom stereocenters. The van der Waals surface area contributed by atoms with Crippen LogP contribution in [-0.2, 0) is 19.2 Å². The van der Waals surface area contributed by atoms with Crippen LogP contribution in [0.4, 0.5) is 0 Å². The fourth-order valence-electron chi connectivity index (χ4n) is 6.47. The fraction of sp³-hybridized carbons (Fsp3) is 0.857. The van der Waals surface area contributed by atoms with E-state index < -0.39 is 6.04 Å². The van der Waals surface area contributed by atoms with Gasteiger partial charge >= 0.3 is 0 Å². The predicted octanol–water partition coefficient (Wildman–Crippen LogP) is 2.01. The highest BCUT2D eigenvalue weighted by molar-refractivity contribution is 7.97. The van der Waals surface area contributed by atoms with E-state index in [9.17, 15) is 19.2 Å². The minimum atomic E-state index is -0.570. The molecule has 0 aromatic heterocycles. The molecule has 1 N–H and O–H groups in total. The van der Waals surface area contributed by atoms with Gasteiger partial charge < -0.3 is 15.1 Å². The normalized spacial score (nSPS) is 29.1. The van der Waals surface area contributed by atoms with E-state index in [4.69, 9.17) is 0 Å². The zero-order valence-electron chi connectivity index (χ0n) is 23.7. The van der Waals surface area contributed by atoms with Crippen LogP contribution in [0.5, 0.6) is 0 Å². The first-order valence-corrected chi connectivity index (χ1v) is 15.5. The van der Waals surface area contributed by atoms with E-state index >= 15 is 0 Å². The summed E-state index contributed by atoms with van der Waals surface area (Å²) in [4.78, 5) is 55.6. The Hall–Kier alpha value is -1.65. The van der Waals surface area contributed by atoms with Crippen molar-refractivity contribution in [2.45, 2.75) is 83.1 Å². The molecule has 38 heavy (non-hydrogen) atoms. The number of Topliss-reactive ketones (excluding diaryl/α,β-unsaturated/α-hetero) is 1. The van der Waals surface area contributed by atoms with E-state index in [0.717, 1.165) is 77.8 Å². The van der Waals surface area contributed by atoms with Gasteiger partial charge in [0.15, 0.2) is 0 Å². The van der Waals surface area contributed by atoms with E-state index in [-0.39, 0.29) is 41.9 Å². The van der Waals surface area contributed by atoms with Gasteiger partial charge in [0.1, 0.15) is 11.8 Å². The van der Waals surface area contributed by atoms with Crippen molar-refractivity contribution >= 4 is 35.5 Å². The van der Waals surface area contributed by atoms with Crippen molar-refractivity contribution < 1.29 is 19.2 Å². The number of hydrogen-bond donors (Lipinski definition) is 1. The topological polar surface area (TPSA) is 93.3 Å². The van der Waals surface area contributed by atoms with Gasteiger partial charge in [0.2, 0.25) is 17.7 Å². The number of rotatable bonds is 8. The molecule has 0 bridgehead atoms. The van der Waals surface area contributed by atoms with Crippen LogP contribution >= 0.6 is 11.9 Å². The molecule has 0 radical (unpaired) electrons. The molecule has 4 aliphatic rings. The van der Waals surface area contributed by atoms with E-state index in [1.165, 1.54) is 0 Å². The van der Waals surface area contributed by atoms with E-state index in [2.05, 4.69) is 14.5 Å². The van der Waals surface area contributed by atoms with Crippen molar-refractivity contribution in [3.05, 3.63) is 0 Å². The van der Waals surface area contributed by atoms with Crippen molar-refractivity contribution in [2.75, 3.05) is 52.9 Å². The zero-order valence-corrected chi connectivity index (χ0v) is 24.5. The standard InChI is InChI=1S/C28H47N5O4S/c1-19(2)26(35)21-5-7-23(8-6-21)31-13-15-33(16-14-31)38-24-9-11-32(12-10-24)28(37)20(3)29-27(36)22-17-25(34)30(4)18-22/h19-24H,5-18H2,1-4H3,(H,29,36). The lowest BCUT2D eigenvalue weighted by atomic mass is 9.80. The van der Waals surface area contributed by atoms with Gasteiger partial charge in [0.25, 0.3) is 0 Å². The summed E-state index contributed by atoms with van der Waals surface area (Å²) < 4.78 is 2.51. The Balaban J connectivity index is 1.12. The van der Waals surface area contributed by atoms with Crippen LogP contribution in [0, 0.1) is 17.8 Å². The number of amides is 3. The molecule has 3 aliphatic heterocycles. The number of nitrogens with zero attached hydrogens (tertiary/aromatic N) is 4. The molecule has 0 aromatic carbocycles. The van der Waals surface area contributed by atoms with Crippen LogP contribution in [0.3, 0.4) is 0 Å². The summed E-state index contributed by atoms with van der Waals surface area (Å²) >= 11 is 1.97. The molecule has 4 rings (SSSR count). The predicted molar refractivity (Wildman–Crippen MR) is 149 cm³/mol. The second-order valence-electron chi connectivity index (χ2n) is 12.1. The molecule has 3 heterocycles. The van der Waals surface area contributed by atoms with Gasteiger partial charge in [0, 0.05) is 82.4 Å². The smallest absolute Gasteiger partial charge is 0.244 e. The van der Waals surface area contributed by atoms with E-state index in [0.29, 0.717) is 23.6 Å². The largest absolute Gasteiger partial charge is 0.345 e. The number of piperidine rings is 1. The summed E-state index contributed by atoms with van der Waals surface area (Å²) in [5.41, 5.74) is 0. The highest BCUT2D eigenvalue weighted by atomic mass is 32.2. The van der Waals surface area contributed by atoms with Crippen LogP contribution in [0.15, 0.2) is 0 Å². The molecule has 9 nitrogen and oxygen atoms in total.